The summed E-state index contributed by atoms with van der Waals surface area (Å²) in [4.78, 5) is 17.4. The van der Waals surface area contributed by atoms with Gasteiger partial charge in [0.15, 0.2) is 0 Å². The molecule has 0 aliphatic carbocycles. The Bertz CT molecular complexity index is 1050. The van der Waals surface area contributed by atoms with Crippen LogP contribution in [0.15, 0.2) is 60.7 Å². The summed E-state index contributed by atoms with van der Waals surface area (Å²) in [6.45, 7) is 0.852. The quantitative estimate of drug-likeness (QED) is 0.675. The van der Waals surface area contributed by atoms with Gasteiger partial charge in [0.1, 0.15) is 17.7 Å². The van der Waals surface area contributed by atoms with Gasteiger partial charge in [-0.15, -0.1) is 0 Å². The number of hydrogen-bond acceptors (Lipinski definition) is 3. The lowest BCUT2D eigenvalue weighted by Crippen LogP contribution is -2.32. The number of halogens is 1. The minimum Gasteiger partial charge on any atom is -0.496 e. The molecule has 0 unspecified atom stereocenters. The molecular weight excluding hydrogens is 355 g/mol. The van der Waals surface area contributed by atoms with Crippen LogP contribution >= 0.6 is 0 Å². The topological polar surface area (TPSA) is 32.8 Å². The van der Waals surface area contributed by atoms with Gasteiger partial charge in [0.25, 0.3) is 0 Å². The highest BCUT2D eigenvalue weighted by Crippen LogP contribution is 2.47. The summed E-state index contributed by atoms with van der Waals surface area (Å²) in [5, 5.41) is 2.17. The van der Waals surface area contributed by atoms with E-state index in [1.807, 2.05) is 29.2 Å². The number of methoxy groups -OCH3 is 1. The van der Waals surface area contributed by atoms with Crippen molar-refractivity contribution in [1.29, 1.82) is 0 Å². The fraction of sp³-hybridized carbons (Fsp3) is 0.261. The molecule has 2 saturated heterocycles. The number of rotatable bonds is 3. The molecule has 5 heteroatoms. The third kappa shape index (κ3) is 2.50. The zero-order valence-electron chi connectivity index (χ0n) is 15.6. The molecule has 0 spiro atoms. The Kier molecular flexibility index (Phi) is 4.05. The predicted molar refractivity (Wildman–Crippen MR) is 107 cm³/mol. The SMILES string of the molecule is COc1ccc2ccccc2c1[C@H]1N(c2ccc(F)cc2)C(=O)[C@@H]2CCCN21. The molecule has 0 bridgehead atoms. The van der Waals surface area contributed by atoms with Crippen molar-refractivity contribution >= 4 is 22.4 Å². The molecule has 0 aromatic heterocycles. The van der Waals surface area contributed by atoms with Crippen molar-refractivity contribution in [3.63, 3.8) is 0 Å². The average molecular weight is 376 g/mol. The van der Waals surface area contributed by atoms with Crippen LogP contribution in [-0.2, 0) is 4.79 Å². The van der Waals surface area contributed by atoms with Crippen molar-refractivity contribution in [3.8, 4) is 5.75 Å². The molecule has 2 fully saturated rings. The summed E-state index contributed by atoms with van der Waals surface area (Å²) in [6, 6.07) is 18.2. The van der Waals surface area contributed by atoms with Crippen LogP contribution < -0.4 is 9.64 Å². The molecule has 0 radical (unpaired) electrons. The summed E-state index contributed by atoms with van der Waals surface area (Å²) < 4.78 is 19.2. The summed E-state index contributed by atoms with van der Waals surface area (Å²) in [5.41, 5.74) is 1.70. The molecule has 3 aromatic rings. The molecule has 3 aromatic carbocycles. The van der Waals surface area contributed by atoms with Crippen molar-refractivity contribution < 1.29 is 13.9 Å². The molecule has 2 aliphatic rings. The van der Waals surface area contributed by atoms with Crippen molar-refractivity contribution in [2.24, 2.45) is 0 Å². The number of anilines is 1. The van der Waals surface area contributed by atoms with Gasteiger partial charge >= 0.3 is 0 Å². The van der Waals surface area contributed by atoms with Crippen LogP contribution in [0.1, 0.15) is 24.6 Å². The van der Waals surface area contributed by atoms with E-state index in [9.17, 15) is 9.18 Å². The summed E-state index contributed by atoms with van der Waals surface area (Å²) in [5.74, 6) is 0.524. The largest absolute Gasteiger partial charge is 0.496 e. The molecule has 0 saturated carbocycles. The Labute approximate surface area is 163 Å². The van der Waals surface area contributed by atoms with Gasteiger partial charge in [-0.05, 0) is 53.9 Å². The molecule has 2 atom stereocenters. The maximum atomic E-state index is 13.5. The van der Waals surface area contributed by atoms with Gasteiger partial charge in [0.2, 0.25) is 5.91 Å². The Morgan fingerprint density at radius 2 is 1.82 bits per heavy atom. The lowest BCUT2D eigenvalue weighted by Gasteiger charge is -2.31. The highest BCUT2D eigenvalue weighted by molar-refractivity contribution is 6.02. The van der Waals surface area contributed by atoms with Gasteiger partial charge in [-0.1, -0.05) is 30.3 Å². The summed E-state index contributed by atoms with van der Waals surface area (Å²) in [7, 11) is 1.66. The van der Waals surface area contributed by atoms with E-state index in [4.69, 9.17) is 4.74 Å². The Balaban J connectivity index is 1.75. The maximum absolute atomic E-state index is 13.5. The van der Waals surface area contributed by atoms with E-state index < -0.39 is 0 Å². The van der Waals surface area contributed by atoms with Crippen molar-refractivity contribution in [2.45, 2.75) is 25.0 Å². The van der Waals surface area contributed by atoms with E-state index in [0.717, 1.165) is 41.5 Å². The number of carbonyl (C=O) groups excluding carboxylic acids is 1. The Morgan fingerprint density at radius 3 is 2.61 bits per heavy atom. The average Bonchev–Trinajstić information content (AvgIpc) is 3.30. The smallest absolute Gasteiger partial charge is 0.246 e. The van der Waals surface area contributed by atoms with Gasteiger partial charge in [0, 0.05) is 17.8 Å². The molecule has 142 valence electrons. The third-order valence-corrected chi connectivity index (χ3v) is 5.89. The highest BCUT2D eigenvalue weighted by atomic mass is 19.1. The minimum absolute atomic E-state index is 0.0732. The first-order valence-corrected chi connectivity index (χ1v) is 9.59. The van der Waals surface area contributed by atoms with Crippen LogP contribution in [0, 0.1) is 5.82 Å². The highest BCUT2D eigenvalue weighted by Gasteiger charge is 2.50. The molecular formula is C23H21FN2O2. The normalized spacial score (nSPS) is 22.1. The number of fused-ring (bicyclic) bond motifs is 2. The molecule has 5 rings (SSSR count). The molecule has 28 heavy (non-hydrogen) atoms. The second-order valence-corrected chi connectivity index (χ2v) is 7.36. The maximum Gasteiger partial charge on any atom is 0.246 e. The van der Waals surface area contributed by atoms with Gasteiger partial charge in [-0.25, -0.2) is 4.39 Å². The molecule has 2 heterocycles. The van der Waals surface area contributed by atoms with Crippen molar-refractivity contribution in [3.05, 3.63) is 72.0 Å². The van der Waals surface area contributed by atoms with Gasteiger partial charge in [-0.3, -0.25) is 14.6 Å². The second kappa shape index (κ2) is 6.60. The first-order valence-electron chi connectivity index (χ1n) is 9.59. The van der Waals surface area contributed by atoms with E-state index in [0.29, 0.717) is 5.69 Å². The van der Waals surface area contributed by atoms with Crippen LogP contribution in [0.2, 0.25) is 0 Å². The number of carbonyl (C=O) groups is 1. The Morgan fingerprint density at radius 1 is 1.04 bits per heavy atom. The zero-order chi connectivity index (χ0) is 19.3. The van der Waals surface area contributed by atoms with E-state index in [1.54, 1.807) is 19.2 Å². The number of ether oxygens (including phenoxy) is 1. The monoisotopic (exact) mass is 376 g/mol. The molecule has 4 nitrogen and oxygen atoms in total. The van der Waals surface area contributed by atoms with Crippen LogP contribution in [0.25, 0.3) is 10.8 Å². The van der Waals surface area contributed by atoms with E-state index in [-0.39, 0.29) is 23.9 Å². The second-order valence-electron chi connectivity index (χ2n) is 7.36. The van der Waals surface area contributed by atoms with Crippen LogP contribution in [0.3, 0.4) is 0 Å². The fourth-order valence-corrected chi connectivity index (χ4v) is 4.66. The lowest BCUT2D eigenvalue weighted by molar-refractivity contribution is -0.119. The minimum atomic E-state index is -0.310. The summed E-state index contributed by atoms with van der Waals surface area (Å²) >= 11 is 0. The van der Waals surface area contributed by atoms with Gasteiger partial charge < -0.3 is 4.74 Å². The van der Waals surface area contributed by atoms with Crippen LogP contribution in [0.5, 0.6) is 5.75 Å². The van der Waals surface area contributed by atoms with Crippen LogP contribution in [0.4, 0.5) is 10.1 Å². The lowest BCUT2D eigenvalue weighted by atomic mass is 10.00. The van der Waals surface area contributed by atoms with Gasteiger partial charge in [-0.2, -0.15) is 0 Å². The number of amides is 1. The van der Waals surface area contributed by atoms with Crippen molar-refractivity contribution in [2.75, 3.05) is 18.6 Å². The number of nitrogens with zero attached hydrogens (tertiary/aromatic N) is 2. The third-order valence-electron chi connectivity index (χ3n) is 5.89. The predicted octanol–water partition coefficient (Wildman–Crippen LogP) is 4.50. The van der Waals surface area contributed by atoms with Gasteiger partial charge in [0.05, 0.1) is 13.2 Å². The molecule has 2 aliphatic heterocycles. The van der Waals surface area contributed by atoms with Crippen molar-refractivity contribution in [1.82, 2.24) is 4.90 Å². The number of benzene rings is 3. The zero-order valence-corrected chi connectivity index (χ0v) is 15.6. The van der Waals surface area contributed by atoms with E-state index in [1.165, 1.54) is 12.1 Å². The number of hydrogen-bond donors (Lipinski definition) is 0. The summed E-state index contributed by atoms with van der Waals surface area (Å²) in [6.07, 6.45) is 1.57. The molecule has 0 N–H and O–H groups in total. The first kappa shape index (κ1) is 17.2. The van der Waals surface area contributed by atoms with Crippen LogP contribution in [-0.4, -0.2) is 30.5 Å². The van der Waals surface area contributed by atoms with E-state index in [2.05, 4.69) is 17.0 Å². The fourth-order valence-electron chi connectivity index (χ4n) is 4.66. The molecule has 1 amide bonds. The van der Waals surface area contributed by atoms with E-state index >= 15 is 0 Å². The standard InChI is InChI=1S/C23H21FN2O2/c1-28-20-13-8-15-5-2-3-6-18(15)21(20)22-25-14-4-7-19(25)23(27)26(22)17-11-9-16(24)10-12-17/h2-3,5-6,8-13,19,22H,4,7,14H2,1H3/t19-,22+/m0/s1. The Hall–Kier alpha value is -2.92. The first-order chi connectivity index (χ1) is 13.7.